The first-order chi connectivity index (χ1) is 16.3. The number of halogens is 1. The van der Waals surface area contributed by atoms with Crippen molar-refractivity contribution in [2.45, 2.75) is 12.5 Å². The Morgan fingerprint density at radius 3 is 2.68 bits per heavy atom. The zero-order valence-electron chi connectivity index (χ0n) is 19.5. The van der Waals surface area contributed by atoms with Crippen LogP contribution in [-0.4, -0.2) is 56.6 Å². The molecule has 0 saturated carbocycles. The summed E-state index contributed by atoms with van der Waals surface area (Å²) in [6, 6.07) is 8.30. The van der Waals surface area contributed by atoms with E-state index in [0.29, 0.717) is 36.6 Å². The Morgan fingerprint density at radius 2 is 1.97 bits per heavy atom. The molecule has 7 nitrogen and oxygen atoms in total. The van der Waals surface area contributed by atoms with Crippen molar-refractivity contribution in [2.75, 3.05) is 40.9 Å². The van der Waals surface area contributed by atoms with Crippen LogP contribution in [0.15, 0.2) is 58.3 Å². The molecule has 0 aliphatic carbocycles. The molecule has 0 spiro atoms. The second-order valence-electron chi connectivity index (χ2n) is 8.38. The van der Waals surface area contributed by atoms with Crippen LogP contribution in [0, 0.1) is 5.82 Å². The number of amides is 1. The van der Waals surface area contributed by atoms with Crippen LogP contribution in [0.4, 0.5) is 4.39 Å². The SMILES string of the molecule is C=CCOc1ccc(C2c3c(oc4ccc(F)cc4c3=O)C(=O)N2CCCN(C)C)cc1OC. The molecular formula is C26H27FN2O5. The Morgan fingerprint density at radius 1 is 1.18 bits per heavy atom. The highest BCUT2D eigenvalue weighted by Gasteiger charge is 2.42. The minimum absolute atomic E-state index is 0.00934. The molecule has 1 aliphatic rings. The maximum Gasteiger partial charge on any atom is 0.290 e. The molecule has 0 fully saturated rings. The molecule has 1 atom stereocenters. The van der Waals surface area contributed by atoms with Crippen LogP contribution in [0.2, 0.25) is 0 Å². The van der Waals surface area contributed by atoms with E-state index in [4.69, 9.17) is 13.9 Å². The number of hydrogen-bond donors (Lipinski definition) is 0. The molecule has 0 bridgehead atoms. The average molecular weight is 467 g/mol. The standard InChI is InChI=1S/C26H27FN2O5/c1-5-13-33-20-9-7-16(14-21(20)32-4)23-22-24(30)18-15-17(27)8-10-19(18)34-25(22)26(31)29(23)12-6-11-28(2)3/h5,7-10,14-15,23H,1,6,11-13H2,2-4H3. The summed E-state index contributed by atoms with van der Waals surface area (Å²) in [6.45, 7) is 5.13. The van der Waals surface area contributed by atoms with Gasteiger partial charge >= 0.3 is 0 Å². The van der Waals surface area contributed by atoms with Crippen molar-refractivity contribution >= 4 is 16.9 Å². The summed E-state index contributed by atoms with van der Waals surface area (Å²) in [7, 11) is 5.43. The van der Waals surface area contributed by atoms with Gasteiger partial charge in [0.1, 0.15) is 18.0 Å². The number of ether oxygens (including phenoxy) is 2. The predicted molar refractivity (Wildman–Crippen MR) is 127 cm³/mol. The van der Waals surface area contributed by atoms with E-state index in [1.807, 2.05) is 19.0 Å². The van der Waals surface area contributed by atoms with E-state index in [9.17, 15) is 14.0 Å². The summed E-state index contributed by atoms with van der Waals surface area (Å²) in [5, 5.41) is 0.101. The third-order valence-electron chi connectivity index (χ3n) is 5.79. The molecule has 1 aromatic heterocycles. The molecule has 1 unspecified atom stereocenters. The smallest absolute Gasteiger partial charge is 0.290 e. The number of benzene rings is 2. The number of fused-ring (bicyclic) bond motifs is 2. The Bertz CT molecular complexity index is 1300. The molecule has 2 aromatic carbocycles. The van der Waals surface area contributed by atoms with Gasteiger partial charge in [-0.2, -0.15) is 0 Å². The van der Waals surface area contributed by atoms with Crippen molar-refractivity contribution in [2.24, 2.45) is 0 Å². The third-order valence-corrected chi connectivity index (χ3v) is 5.79. The summed E-state index contributed by atoms with van der Waals surface area (Å²) in [6.07, 6.45) is 2.32. The zero-order chi connectivity index (χ0) is 24.4. The van der Waals surface area contributed by atoms with Crippen LogP contribution in [-0.2, 0) is 0 Å². The number of methoxy groups -OCH3 is 1. The van der Waals surface area contributed by atoms with Gasteiger partial charge in [0.05, 0.1) is 24.1 Å². The minimum Gasteiger partial charge on any atom is -0.493 e. The molecule has 178 valence electrons. The molecule has 2 heterocycles. The summed E-state index contributed by atoms with van der Waals surface area (Å²) in [4.78, 5) is 30.6. The van der Waals surface area contributed by atoms with Gasteiger partial charge in [-0.15, -0.1) is 0 Å². The van der Waals surface area contributed by atoms with E-state index in [1.54, 1.807) is 29.2 Å². The fourth-order valence-electron chi connectivity index (χ4n) is 4.25. The maximum absolute atomic E-state index is 13.9. The molecule has 3 aromatic rings. The van der Waals surface area contributed by atoms with E-state index in [-0.39, 0.29) is 28.2 Å². The molecule has 0 saturated heterocycles. The monoisotopic (exact) mass is 466 g/mol. The van der Waals surface area contributed by atoms with Crippen LogP contribution in [0.25, 0.3) is 11.0 Å². The van der Waals surface area contributed by atoms with Gasteiger partial charge in [-0.25, -0.2) is 4.39 Å². The van der Waals surface area contributed by atoms with Gasteiger partial charge < -0.3 is 23.7 Å². The van der Waals surface area contributed by atoms with Gasteiger partial charge in [0, 0.05) is 6.54 Å². The van der Waals surface area contributed by atoms with E-state index in [1.165, 1.54) is 19.2 Å². The Balaban J connectivity index is 1.86. The fraction of sp³-hybridized carbons (Fsp3) is 0.308. The van der Waals surface area contributed by atoms with Crippen molar-refractivity contribution in [3.63, 3.8) is 0 Å². The summed E-state index contributed by atoms with van der Waals surface area (Å²) < 4.78 is 30.9. The van der Waals surface area contributed by atoms with E-state index in [2.05, 4.69) is 6.58 Å². The Hall–Kier alpha value is -3.65. The van der Waals surface area contributed by atoms with E-state index >= 15 is 0 Å². The van der Waals surface area contributed by atoms with Crippen molar-refractivity contribution < 1.29 is 23.1 Å². The highest BCUT2D eigenvalue weighted by Crippen LogP contribution is 2.41. The van der Waals surface area contributed by atoms with Crippen LogP contribution >= 0.6 is 0 Å². The average Bonchev–Trinajstić information content (AvgIpc) is 3.10. The first-order valence-corrected chi connectivity index (χ1v) is 11.0. The van der Waals surface area contributed by atoms with Crippen molar-refractivity contribution in [3.8, 4) is 11.5 Å². The lowest BCUT2D eigenvalue weighted by molar-refractivity contribution is 0.0722. The second kappa shape index (κ2) is 9.69. The number of hydrogen-bond acceptors (Lipinski definition) is 6. The molecule has 8 heteroatoms. The molecule has 0 N–H and O–H groups in total. The van der Waals surface area contributed by atoms with Crippen LogP contribution in [0.1, 0.15) is 34.1 Å². The van der Waals surface area contributed by atoms with Gasteiger partial charge in [0.15, 0.2) is 16.9 Å². The summed E-state index contributed by atoms with van der Waals surface area (Å²) >= 11 is 0. The second-order valence-corrected chi connectivity index (χ2v) is 8.38. The van der Waals surface area contributed by atoms with Crippen molar-refractivity contribution in [1.82, 2.24) is 9.80 Å². The molecule has 4 rings (SSSR count). The lowest BCUT2D eigenvalue weighted by Gasteiger charge is -2.26. The van der Waals surface area contributed by atoms with Crippen molar-refractivity contribution in [3.05, 3.63) is 82.0 Å². The predicted octanol–water partition coefficient (Wildman–Crippen LogP) is 4.00. The molecule has 1 amide bonds. The van der Waals surface area contributed by atoms with E-state index in [0.717, 1.165) is 12.6 Å². The zero-order valence-corrected chi connectivity index (χ0v) is 19.5. The largest absolute Gasteiger partial charge is 0.493 e. The Labute approximate surface area is 197 Å². The number of nitrogens with zero attached hydrogens (tertiary/aromatic N) is 2. The first kappa shape index (κ1) is 23.5. The fourth-order valence-corrected chi connectivity index (χ4v) is 4.25. The summed E-state index contributed by atoms with van der Waals surface area (Å²) in [5.41, 5.74) is 0.630. The van der Waals surface area contributed by atoms with Gasteiger partial charge in [0.25, 0.3) is 5.91 Å². The minimum atomic E-state index is -0.698. The maximum atomic E-state index is 13.9. The molecule has 1 aliphatic heterocycles. The van der Waals surface area contributed by atoms with Gasteiger partial charge in [-0.05, 0) is 63.0 Å². The first-order valence-electron chi connectivity index (χ1n) is 11.0. The quantitative estimate of drug-likeness (QED) is 0.444. The number of carbonyl (C=O) groups excluding carboxylic acids is 1. The third kappa shape index (κ3) is 4.28. The summed E-state index contributed by atoms with van der Waals surface area (Å²) in [5.74, 6) is 0.0546. The highest BCUT2D eigenvalue weighted by atomic mass is 19.1. The van der Waals surface area contributed by atoms with E-state index < -0.39 is 17.3 Å². The molecular weight excluding hydrogens is 439 g/mol. The normalized spacial score (nSPS) is 15.1. The van der Waals surface area contributed by atoms with Crippen LogP contribution in [0.5, 0.6) is 11.5 Å². The van der Waals surface area contributed by atoms with Gasteiger partial charge in [-0.3, -0.25) is 9.59 Å². The number of carbonyl (C=O) groups is 1. The van der Waals surface area contributed by atoms with Crippen LogP contribution in [0.3, 0.4) is 0 Å². The lowest BCUT2D eigenvalue weighted by Crippen LogP contribution is -2.32. The lowest BCUT2D eigenvalue weighted by atomic mass is 9.98. The van der Waals surface area contributed by atoms with Crippen LogP contribution < -0.4 is 14.9 Å². The van der Waals surface area contributed by atoms with Gasteiger partial charge in [-0.1, -0.05) is 18.7 Å². The van der Waals surface area contributed by atoms with Gasteiger partial charge in [0.2, 0.25) is 5.76 Å². The molecule has 0 radical (unpaired) electrons. The Kier molecular flexibility index (Phi) is 6.70. The topological polar surface area (TPSA) is 72.2 Å². The molecule has 34 heavy (non-hydrogen) atoms. The van der Waals surface area contributed by atoms with Crippen molar-refractivity contribution in [1.29, 1.82) is 0 Å². The number of rotatable bonds is 9. The highest BCUT2D eigenvalue weighted by molar-refractivity contribution is 5.99.